The Hall–Kier alpha value is -2.32. The Morgan fingerprint density at radius 3 is 2.90 bits per heavy atom. The maximum atomic E-state index is 12.0. The van der Waals surface area contributed by atoms with Crippen molar-refractivity contribution >= 4 is 39.0 Å². The van der Waals surface area contributed by atoms with Gasteiger partial charge in [0.2, 0.25) is 5.89 Å². The molecule has 21 heavy (non-hydrogen) atoms. The van der Waals surface area contributed by atoms with Gasteiger partial charge in [-0.2, -0.15) is 9.36 Å². The molecule has 0 radical (unpaired) electrons. The van der Waals surface area contributed by atoms with Crippen LogP contribution in [0.4, 0.5) is 5.69 Å². The Morgan fingerprint density at radius 1 is 1.43 bits per heavy atom. The molecule has 3 aromatic rings. The van der Waals surface area contributed by atoms with E-state index in [9.17, 15) is 14.9 Å². The van der Waals surface area contributed by atoms with E-state index in [2.05, 4.69) is 9.36 Å². The Morgan fingerprint density at radius 2 is 2.19 bits per heavy atom. The van der Waals surface area contributed by atoms with Crippen LogP contribution in [0.5, 0.6) is 0 Å². The number of hydrogen-bond donors (Lipinski definition) is 0. The molecule has 2 heterocycles. The first-order valence-electron chi connectivity index (χ1n) is 5.69. The highest BCUT2D eigenvalue weighted by Crippen LogP contribution is 2.31. The molecule has 0 atom stereocenters. The highest BCUT2D eigenvalue weighted by Gasteiger charge is 2.18. The largest absolute Gasteiger partial charge is 0.403 e. The second-order valence-corrected chi connectivity index (χ2v) is 5.33. The van der Waals surface area contributed by atoms with Gasteiger partial charge in [0, 0.05) is 12.1 Å². The van der Waals surface area contributed by atoms with Crippen LogP contribution in [-0.4, -0.2) is 14.3 Å². The van der Waals surface area contributed by atoms with E-state index in [1.165, 1.54) is 18.2 Å². The summed E-state index contributed by atoms with van der Waals surface area (Å²) >= 11 is 7.06. The lowest BCUT2D eigenvalue weighted by Crippen LogP contribution is -2.02. The van der Waals surface area contributed by atoms with E-state index in [1.54, 1.807) is 6.92 Å². The summed E-state index contributed by atoms with van der Waals surface area (Å²) in [6.07, 6.45) is 0. The lowest BCUT2D eigenvalue weighted by molar-refractivity contribution is -0.384. The molecule has 3 rings (SSSR count). The minimum Gasteiger partial charge on any atom is -0.403 e. The average Bonchev–Trinajstić information content (AvgIpc) is 2.81. The Balaban J connectivity index is 2.28. The molecular weight excluding hydrogens is 318 g/mol. The van der Waals surface area contributed by atoms with Gasteiger partial charge >= 0.3 is 5.63 Å². The van der Waals surface area contributed by atoms with E-state index in [0.717, 1.165) is 11.5 Å². The van der Waals surface area contributed by atoms with E-state index >= 15 is 0 Å². The quantitative estimate of drug-likeness (QED) is 0.530. The highest BCUT2D eigenvalue weighted by molar-refractivity contribution is 7.12. The summed E-state index contributed by atoms with van der Waals surface area (Å²) in [5, 5.41) is 11.3. The van der Waals surface area contributed by atoms with Gasteiger partial charge in [-0.1, -0.05) is 11.6 Å². The molecule has 0 aliphatic rings. The molecule has 0 unspecified atom stereocenters. The SMILES string of the molecule is Cc1nsc2nc(-c3cc([N+](=O)[O-])ccc3Cl)oc(=O)c12. The molecule has 0 fully saturated rings. The summed E-state index contributed by atoms with van der Waals surface area (Å²) in [5.41, 5.74) is -0.0351. The van der Waals surface area contributed by atoms with Crippen LogP contribution in [-0.2, 0) is 0 Å². The minimum atomic E-state index is -0.594. The third-order valence-corrected chi connectivity index (χ3v) is 4.00. The standard InChI is InChI=1S/C12H6ClN3O4S/c1-5-9-11(21-15-5)14-10(20-12(9)17)7-4-6(16(18)19)2-3-8(7)13/h2-4H,1H3. The average molecular weight is 324 g/mol. The number of fused-ring (bicyclic) bond motifs is 1. The van der Waals surface area contributed by atoms with E-state index in [4.69, 9.17) is 16.0 Å². The summed E-state index contributed by atoms with van der Waals surface area (Å²) in [5.74, 6) is -0.0650. The van der Waals surface area contributed by atoms with Gasteiger partial charge < -0.3 is 4.42 Å². The van der Waals surface area contributed by atoms with Crippen molar-refractivity contribution in [3.05, 3.63) is 49.5 Å². The van der Waals surface area contributed by atoms with Gasteiger partial charge in [-0.25, -0.2) is 4.79 Å². The number of halogens is 1. The summed E-state index contributed by atoms with van der Waals surface area (Å²) in [6, 6.07) is 3.84. The molecule has 106 valence electrons. The van der Waals surface area contributed by atoms with Crippen molar-refractivity contribution in [1.82, 2.24) is 9.36 Å². The molecule has 0 aliphatic heterocycles. The van der Waals surface area contributed by atoms with Crippen LogP contribution in [0.15, 0.2) is 27.4 Å². The number of non-ortho nitro benzene ring substituents is 1. The number of nitrogens with zero attached hydrogens (tertiary/aromatic N) is 3. The summed E-state index contributed by atoms with van der Waals surface area (Å²) in [4.78, 5) is 26.8. The highest BCUT2D eigenvalue weighted by atomic mass is 35.5. The number of hydrogen-bond acceptors (Lipinski definition) is 7. The zero-order valence-electron chi connectivity index (χ0n) is 10.5. The van der Waals surface area contributed by atoms with E-state index in [-0.39, 0.29) is 22.2 Å². The molecule has 0 amide bonds. The van der Waals surface area contributed by atoms with Crippen molar-refractivity contribution in [2.45, 2.75) is 6.92 Å². The zero-order valence-corrected chi connectivity index (χ0v) is 12.1. The lowest BCUT2D eigenvalue weighted by Gasteiger charge is -2.02. The Labute approximate surface area is 126 Å². The number of nitro groups is 1. The Bertz CT molecular complexity index is 934. The van der Waals surface area contributed by atoms with Crippen LogP contribution in [0, 0.1) is 17.0 Å². The fourth-order valence-corrected chi connectivity index (χ4v) is 2.79. The Kier molecular flexibility index (Phi) is 3.19. The number of aromatic nitrogens is 2. The van der Waals surface area contributed by atoms with E-state index in [0.29, 0.717) is 15.9 Å². The fourth-order valence-electron chi connectivity index (χ4n) is 1.83. The van der Waals surface area contributed by atoms with E-state index in [1.807, 2.05) is 0 Å². The van der Waals surface area contributed by atoms with Gasteiger partial charge in [-0.05, 0) is 24.5 Å². The first-order valence-corrected chi connectivity index (χ1v) is 6.84. The molecule has 0 saturated carbocycles. The molecule has 0 N–H and O–H groups in total. The van der Waals surface area contributed by atoms with Gasteiger partial charge in [-0.15, -0.1) is 0 Å². The zero-order chi connectivity index (χ0) is 15.1. The lowest BCUT2D eigenvalue weighted by atomic mass is 10.2. The monoisotopic (exact) mass is 323 g/mol. The second-order valence-electron chi connectivity index (χ2n) is 4.18. The number of aryl methyl sites for hydroxylation is 1. The predicted molar refractivity (Wildman–Crippen MR) is 77.8 cm³/mol. The van der Waals surface area contributed by atoms with Gasteiger partial charge in [0.05, 0.1) is 21.2 Å². The van der Waals surface area contributed by atoms with Crippen molar-refractivity contribution in [2.24, 2.45) is 0 Å². The van der Waals surface area contributed by atoms with Gasteiger partial charge in [0.15, 0.2) is 4.83 Å². The first-order chi connectivity index (χ1) is 9.97. The summed E-state index contributed by atoms with van der Waals surface area (Å²) < 4.78 is 9.16. The van der Waals surface area contributed by atoms with Crippen molar-refractivity contribution < 1.29 is 9.34 Å². The fraction of sp³-hybridized carbons (Fsp3) is 0.0833. The van der Waals surface area contributed by atoms with E-state index < -0.39 is 10.5 Å². The smallest absolute Gasteiger partial charge is 0.349 e. The molecular formula is C12H6ClN3O4S. The van der Waals surface area contributed by atoms with Gasteiger partial charge in [-0.3, -0.25) is 10.1 Å². The number of benzene rings is 1. The van der Waals surface area contributed by atoms with Gasteiger partial charge in [0.25, 0.3) is 5.69 Å². The molecule has 9 heteroatoms. The molecule has 2 aromatic heterocycles. The molecule has 0 bridgehead atoms. The van der Waals surface area contributed by atoms with Crippen LogP contribution in [0.1, 0.15) is 5.69 Å². The van der Waals surface area contributed by atoms with Gasteiger partial charge in [0.1, 0.15) is 5.39 Å². The summed E-state index contributed by atoms with van der Waals surface area (Å²) in [6.45, 7) is 1.68. The molecule has 0 spiro atoms. The van der Waals surface area contributed by atoms with Crippen LogP contribution in [0.3, 0.4) is 0 Å². The minimum absolute atomic E-state index is 0.0650. The summed E-state index contributed by atoms with van der Waals surface area (Å²) in [7, 11) is 0. The number of rotatable bonds is 2. The molecule has 7 nitrogen and oxygen atoms in total. The maximum Gasteiger partial charge on any atom is 0.349 e. The van der Waals surface area contributed by atoms with Crippen LogP contribution in [0.2, 0.25) is 5.02 Å². The predicted octanol–water partition coefficient (Wildman–Crippen LogP) is 3.18. The van der Waals surface area contributed by atoms with Crippen molar-refractivity contribution in [3.63, 3.8) is 0 Å². The first kappa shape index (κ1) is 13.7. The van der Waals surface area contributed by atoms with Crippen LogP contribution < -0.4 is 5.63 Å². The molecule has 0 saturated heterocycles. The maximum absolute atomic E-state index is 12.0. The third kappa shape index (κ3) is 2.28. The van der Waals surface area contributed by atoms with Crippen LogP contribution in [0.25, 0.3) is 21.7 Å². The van der Waals surface area contributed by atoms with Crippen molar-refractivity contribution in [3.8, 4) is 11.5 Å². The molecule has 0 aliphatic carbocycles. The number of nitro benzene ring substituents is 1. The normalized spacial score (nSPS) is 11.0. The molecule has 1 aromatic carbocycles. The topological polar surface area (TPSA) is 99.1 Å². The second kappa shape index (κ2) is 4.90. The van der Waals surface area contributed by atoms with Crippen molar-refractivity contribution in [1.29, 1.82) is 0 Å². The van der Waals surface area contributed by atoms with Crippen LogP contribution >= 0.6 is 23.1 Å². The third-order valence-electron chi connectivity index (χ3n) is 2.83. The van der Waals surface area contributed by atoms with Crippen molar-refractivity contribution in [2.75, 3.05) is 0 Å².